The first-order chi connectivity index (χ1) is 9.43. The Balaban J connectivity index is 2.01. The van der Waals surface area contributed by atoms with E-state index in [9.17, 15) is 14.7 Å². The summed E-state index contributed by atoms with van der Waals surface area (Å²) in [4.78, 5) is 24.0. The van der Waals surface area contributed by atoms with Crippen molar-refractivity contribution in [2.45, 2.75) is 69.9 Å². The van der Waals surface area contributed by atoms with E-state index in [-0.39, 0.29) is 17.9 Å². The smallest absolute Gasteiger partial charge is 0.329 e. The molecule has 0 bridgehead atoms. The highest BCUT2D eigenvalue weighted by atomic mass is 16.4. The van der Waals surface area contributed by atoms with Gasteiger partial charge in [-0.25, -0.2) is 4.79 Å². The van der Waals surface area contributed by atoms with Gasteiger partial charge in [-0.15, -0.1) is 0 Å². The summed E-state index contributed by atoms with van der Waals surface area (Å²) in [6.45, 7) is 2.06. The van der Waals surface area contributed by atoms with Crippen LogP contribution in [0.5, 0.6) is 0 Å². The first-order valence-corrected chi connectivity index (χ1v) is 7.74. The Labute approximate surface area is 120 Å². The van der Waals surface area contributed by atoms with E-state index in [0.717, 1.165) is 38.5 Å². The zero-order chi connectivity index (χ0) is 14.8. The third-order valence-electron chi connectivity index (χ3n) is 4.91. The van der Waals surface area contributed by atoms with Gasteiger partial charge in [-0.2, -0.15) is 0 Å². The van der Waals surface area contributed by atoms with Gasteiger partial charge < -0.3 is 16.2 Å². The molecule has 0 aromatic carbocycles. The molecule has 1 amide bonds. The molecule has 5 heteroatoms. The number of nitrogens with one attached hydrogen (secondary N) is 1. The Bertz CT molecular complexity index is 377. The van der Waals surface area contributed by atoms with Crippen molar-refractivity contribution >= 4 is 11.9 Å². The van der Waals surface area contributed by atoms with E-state index < -0.39 is 11.5 Å². The zero-order valence-corrected chi connectivity index (χ0v) is 12.2. The molecule has 4 N–H and O–H groups in total. The second-order valence-electron chi connectivity index (χ2n) is 6.69. The molecular weight excluding hydrogens is 256 g/mol. The van der Waals surface area contributed by atoms with Crippen LogP contribution in [0.1, 0.15) is 58.3 Å². The highest BCUT2D eigenvalue weighted by Gasteiger charge is 2.44. The lowest BCUT2D eigenvalue weighted by Gasteiger charge is -2.38. The maximum Gasteiger partial charge on any atom is 0.329 e. The summed E-state index contributed by atoms with van der Waals surface area (Å²) < 4.78 is 0. The molecule has 2 rings (SSSR count). The van der Waals surface area contributed by atoms with Gasteiger partial charge >= 0.3 is 5.97 Å². The normalized spacial score (nSPS) is 38.2. The fourth-order valence-corrected chi connectivity index (χ4v) is 3.63. The second kappa shape index (κ2) is 6.12. The minimum absolute atomic E-state index is 0.0664. The van der Waals surface area contributed by atoms with Gasteiger partial charge in [-0.05, 0) is 44.4 Å². The maximum atomic E-state index is 12.4. The van der Waals surface area contributed by atoms with Gasteiger partial charge in [0.25, 0.3) is 0 Å². The SMILES string of the molecule is CC1CCCC(NC(=O)C2CCC(N)CC2)(C(=O)O)C1. The van der Waals surface area contributed by atoms with Crippen LogP contribution in [0.3, 0.4) is 0 Å². The molecule has 0 aromatic heterocycles. The van der Waals surface area contributed by atoms with Gasteiger partial charge in [-0.1, -0.05) is 19.8 Å². The van der Waals surface area contributed by atoms with Crippen molar-refractivity contribution in [1.29, 1.82) is 0 Å². The molecule has 0 saturated heterocycles. The minimum Gasteiger partial charge on any atom is -0.480 e. The van der Waals surface area contributed by atoms with E-state index in [2.05, 4.69) is 12.2 Å². The predicted octanol–water partition coefficient (Wildman–Crippen LogP) is 1.65. The van der Waals surface area contributed by atoms with Crippen molar-refractivity contribution in [3.05, 3.63) is 0 Å². The van der Waals surface area contributed by atoms with Crippen molar-refractivity contribution < 1.29 is 14.7 Å². The van der Waals surface area contributed by atoms with E-state index in [4.69, 9.17) is 5.73 Å². The summed E-state index contributed by atoms with van der Waals surface area (Å²) in [5.74, 6) is -0.693. The molecule has 20 heavy (non-hydrogen) atoms. The monoisotopic (exact) mass is 282 g/mol. The lowest BCUT2D eigenvalue weighted by atomic mass is 9.75. The van der Waals surface area contributed by atoms with Crippen LogP contribution in [0.4, 0.5) is 0 Å². The van der Waals surface area contributed by atoms with E-state index in [1.54, 1.807) is 0 Å². The van der Waals surface area contributed by atoms with Crippen molar-refractivity contribution in [3.63, 3.8) is 0 Å². The number of amides is 1. The lowest BCUT2D eigenvalue weighted by molar-refractivity contribution is -0.151. The lowest BCUT2D eigenvalue weighted by Crippen LogP contribution is -2.58. The summed E-state index contributed by atoms with van der Waals surface area (Å²) >= 11 is 0. The first kappa shape index (κ1) is 15.3. The number of carbonyl (C=O) groups excluding carboxylic acids is 1. The molecule has 2 aliphatic rings. The van der Waals surface area contributed by atoms with Crippen LogP contribution in [0.2, 0.25) is 0 Å². The molecule has 5 nitrogen and oxygen atoms in total. The number of carboxylic acids is 1. The third-order valence-corrected chi connectivity index (χ3v) is 4.91. The van der Waals surface area contributed by atoms with Gasteiger partial charge in [-0.3, -0.25) is 4.79 Å². The number of hydrogen-bond acceptors (Lipinski definition) is 3. The fourth-order valence-electron chi connectivity index (χ4n) is 3.63. The maximum absolute atomic E-state index is 12.4. The third kappa shape index (κ3) is 3.32. The van der Waals surface area contributed by atoms with Gasteiger partial charge in [0.15, 0.2) is 0 Å². The molecular formula is C15H26N2O3. The molecule has 2 aliphatic carbocycles. The highest BCUT2D eigenvalue weighted by molar-refractivity contribution is 5.88. The van der Waals surface area contributed by atoms with E-state index >= 15 is 0 Å². The summed E-state index contributed by atoms with van der Waals surface area (Å²) in [6, 6.07) is 0.196. The first-order valence-electron chi connectivity index (χ1n) is 7.74. The van der Waals surface area contributed by atoms with Crippen molar-refractivity contribution in [3.8, 4) is 0 Å². The second-order valence-corrected chi connectivity index (χ2v) is 6.69. The van der Waals surface area contributed by atoms with Gasteiger partial charge in [0.1, 0.15) is 5.54 Å². The largest absolute Gasteiger partial charge is 0.480 e. The Morgan fingerprint density at radius 1 is 1.20 bits per heavy atom. The van der Waals surface area contributed by atoms with Crippen molar-refractivity contribution in [1.82, 2.24) is 5.32 Å². The molecule has 2 fully saturated rings. The molecule has 0 radical (unpaired) electrons. The van der Waals surface area contributed by atoms with Gasteiger partial charge in [0, 0.05) is 12.0 Å². The number of carboxylic acid groups (broad SMARTS) is 1. The number of hydrogen-bond donors (Lipinski definition) is 3. The van der Waals surface area contributed by atoms with Gasteiger partial charge in [0.05, 0.1) is 0 Å². The molecule has 2 unspecified atom stereocenters. The molecule has 2 atom stereocenters. The summed E-state index contributed by atoms with van der Waals surface area (Å²) in [7, 11) is 0. The quantitative estimate of drug-likeness (QED) is 0.734. The predicted molar refractivity (Wildman–Crippen MR) is 76.1 cm³/mol. The molecule has 0 aliphatic heterocycles. The van der Waals surface area contributed by atoms with Crippen LogP contribution < -0.4 is 11.1 Å². The summed E-state index contributed by atoms with van der Waals surface area (Å²) in [5, 5.41) is 12.4. The van der Waals surface area contributed by atoms with Crippen molar-refractivity contribution in [2.75, 3.05) is 0 Å². The Morgan fingerprint density at radius 3 is 2.40 bits per heavy atom. The van der Waals surface area contributed by atoms with Crippen LogP contribution in [0, 0.1) is 11.8 Å². The summed E-state index contributed by atoms with van der Waals surface area (Å²) in [5.41, 5.74) is 4.80. The van der Waals surface area contributed by atoms with Crippen molar-refractivity contribution in [2.24, 2.45) is 17.6 Å². The highest BCUT2D eigenvalue weighted by Crippen LogP contribution is 2.33. The van der Waals surface area contributed by atoms with E-state index in [1.165, 1.54) is 0 Å². The molecule has 114 valence electrons. The van der Waals surface area contributed by atoms with E-state index in [0.29, 0.717) is 18.8 Å². The fraction of sp³-hybridized carbons (Fsp3) is 0.867. The number of nitrogens with two attached hydrogens (primary N) is 1. The Morgan fingerprint density at radius 2 is 1.85 bits per heavy atom. The van der Waals surface area contributed by atoms with Crippen LogP contribution in [-0.2, 0) is 9.59 Å². The van der Waals surface area contributed by atoms with Crippen LogP contribution >= 0.6 is 0 Å². The summed E-state index contributed by atoms with van der Waals surface area (Å²) in [6.07, 6.45) is 6.26. The zero-order valence-electron chi connectivity index (χ0n) is 12.2. The molecule has 0 aromatic rings. The average molecular weight is 282 g/mol. The standard InChI is InChI=1S/C15H26N2O3/c1-10-3-2-8-15(9-10,14(19)20)17-13(18)11-4-6-12(16)7-5-11/h10-12H,2-9,16H2,1H3,(H,17,18)(H,19,20). The Kier molecular flexibility index (Phi) is 4.68. The molecule has 0 spiro atoms. The van der Waals surface area contributed by atoms with Crippen LogP contribution in [-0.4, -0.2) is 28.6 Å². The number of carbonyl (C=O) groups is 2. The number of aliphatic carboxylic acids is 1. The van der Waals surface area contributed by atoms with Gasteiger partial charge in [0.2, 0.25) is 5.91 Å². The molecule has 0 heterocycles. The molecule has 2 saturated carbocycles. The average Bonchev–Trinajstić information content (AvgIpc) is 2.39. The topological polar surface area (TPSA) is 92.4 Å². The Hall–Kier alpha value is -1.10. The van der Waals surface area contributed by atoms with E-state index in [1.807, 2.05) is 0 Å². The van der Waals surface area contributed by atoms with Crippen LogP contribution in [0.25, 0.3) is 0 Å². The van der Waals surface area contributed by atoms with Crippen LogP contribution in [0.15, 0.2) is 0 Å². The minimum atomic E-state index is -1.05. The number of rotatable bonds is 3.